The Morgan fingerprint density at radius 2 is 1.20 bits per heavy atom. The van der Waals surface area contributed by atoms with Crippen molar-refractivity contribution in [1.29, 1.82) is 0 Å². The minimum atomic E-state index is -0.454. The van der Waals surface area contributed by atoms with Gasteiger partial charge in [-0.15, -0.1) is 0 Å². The number of hydrogen-bond acceptors (Lipinski definition) is 3. The fourth-order valence-corrected chi connectivity index (χ4v) is 2.27. The third-order valence-electron chi connectivity index (χ3n) is 2.89. The lowest BCUT2D eigenvalue weighted by Gasteiger charge is -2.19. The van der Waals surface area contributed by atoms with Crippen molar-refractivity contribution >= 4 is 0 Å². The van der Waals surface area contributed by atoms with E-state index in [1.807, 2.05) is 0 Å². The summed E-state index contributed by atoms with van der Waals surface area (Å²) in [6.07, 6.45) is -0.0446. The SMILES string of the molecule is OC1CC2C(O)CC1C2O. The van der Waals surface area contributed by atoms with Crippen LogP contribution < -0.4 is 0 Å². The Bertz CT molecular complexity index is 132. The average Bonchev–Trinajstić information content (AvgIpc) is 2.26. The first-order valence-corrected chi connectivity index (χ1v) is 3.74. The van der Waals surface area contributed by atoms with Crippen LogP contribution in [0.2, 0.25) is 0 Å². The topological polar surface area (TPSA) is 60.7 Å². The Morgan fingerprint density at radius 3 is 1.40 bits per heavy atom. The first-order chi connectivity index (χ1) is 4.70. The second-order valence-corrected chi connectivity index (χ2v) is 3.42. The van der Waals surface area contributed by atoms with Crippen molar-refractivity contribution in [3.63, 3.8) is 0 Å². The summed E-state index contributed by atoms with van der Waals surface area (Å²) in [6.45, 7) is 0. The summed E-state index contributed by atoms with van der Waals surface area (Å²) in [5.74, 6) is -0.111. The molecule has 10 heavy (non-hydrogen) atoms. The molecule has 0 saturated heterocycles. The summed E-state index contributed by atoms with van der Waals surface area (Å²) in [7, 11) is 0. The normalized spacial score (nSPS) is 59.7. The van der Waals surface area contributed by atoms with Gasteiger partial charge in [-0.25, -0.2) is 0 Å². The largest absolute Gasteiger partial charge is 0.393 e. The molecule has 2 aliphatic rings. The van der Waals surface area contributed by atoms with E-state index in [0.29, 0.717) is 12.8 Å². The third-order valence-corrected chi connectivity index (χ3v) is 2.89. The molecule has 2 aliphatic carbocycles. The second kappa shape index (κ2) is 1.94. The van der Waals surface area contributed by atoms with E-state index in [1.165, 1.54) is 0 Å². The molecule has 2 saturated carbocycles. The Labute approximate surface area is 59.3 Å². The molecule has 0 aromatic heterocycles. The second-order valence-electron chi connectivity index (χ2n) is 3.42. The van der Waals surface area contributed by atoms with Gasteiger partial charge in [0.15, 0.2) is 0 Å². The van der Waals surface area contributed by atoms with E-state index in [2.05, 4.69) is 0 Å². The van der Waals surface area contributed by atoms with E-state index in [-0.39, 0.29) is 24.0 Å². The quantitative estimate of drug-likeness (QED) is 0.413. The van der Waals surface area contributed by atoms with Gasteiger partial charge >= 0.3 is 0 Å². The molecule has 0 radical (unpaired) electrons. The molecular formula is C7H12O3. The highest BCUT2D eigenvalue weighted by Crippen LogP contribution is 2.44. The summed E-state index contributed by atoms with van der Waals surface area (Å²) in [4.78, 5) is 0. The van der Waals surface area contributed by atoms with Crippen molar-refractivity contribution in [3.05, 3.63) is 0 Å². The molecule has 0 aliphatic heterocycles. The Balaban J connectivity index is 2.17. The van der Waals surface area contributed by atoms with Crippen LogP contribution in [0.1, 0.15) is 12.8 Å². The molecule has 2 bridgehead atoms. The van der Waals surface area contributed by atoms with Gasteiger partial charge in [0.25, 0.3) is 0 Å². The molecule has 0 aromatic carbocycles. The zero-order valence-corrected chi connectivity index (χ0v) is 5.64. The van der Waals surface area contributed by atoms with Gasteiger partial charge in [-0.2, -0.15) is 0 Å². The van der Waals surface area contributed by atoms with Crippen LogP contribution in [0.15, 0.2) is 0 Å². The monoisotopic (exact) mass is 144 g/mol. The first-order valence-electron chi connectivity index (χ1n) is 3.74. The highest BCUT2D eigenvalue weighted by Gasteiger charge is 2.51. The lowest BCUT2D eigenvalue weighted by atomic mass is 9.95. The van der Waals surface area contributed by atoms with E-state index in [1.54, 1.807) is 0 Å². The lowest BCUT2D eigenvalue weighted by Crippen LogP contribution is -2.24. The molecular weight excluding hydrogens is 132 g/mol. The number of hydrogen-bond donors (Lipinski definition) is 3. The number of rotatable bonds is 0. The molecule has 0 amide bonds. The molecule has 0 spiro atoms. The maximum absolute atomic E-state index is 9.35. The van der Waals surface area contributed by atoms with Crippen molar-refractivity contribution in [2.24, 2.45) is 11.8 Å². The highest BCUT2D eigenvalue weighted by atomic mass is 16.3. The van der Waals surface area contributed by atoms with Crippen LogP contribution in [0.4, 0.5) is 0 Å². The van der Waals surface area contributed by atoms with E-state index in [0.717, 1.165) is 0 Å². The standard InChI is InChI=1S/C7H12O3/c8-5-1-3-6(9)2-4(5)7(3)10/h3-10H,1-2H2. The summed E-state index contributed by atoms with van der Waals surface area (Å²) >= 11 is 0. The van der Waals surface area contributed by atoms with Gasteiger partial charge in [-0.1, -0.05) is 0 Å². The van der Waals surface area contributed by atoms with Crippen molar-refractivity contribution < 1.29 is 15.3 Å². The average molecular weight is 144 g/mol. The van der Waals surface area contributed by atoms with Crippen molar-refractivity contribution in [1.82, 2.24) is 0 Å². The van der Waals surface area contributed by atoms with Crippen LogP contribution in [0.25, 0.3) is 0 Å². The minimum Gasteiger partial charge on any atom is -0.393 e. The predicted octanol–water partition coefficient (Wildman–Crippen LogP) is -0.891. The van der Waals surface area contributed by atoms with Crippen LogP contribution in [0.3, 0.4) is 0 Å². The lowest BCUT2D eigenvalue weighted by molar-refractivity contribution is 0.0447. The van der Waals surface area contributed by atoms with Gasteiger partial charge in [0.1, 0.15) is 0 Å². The zero-order chi connectivity index (χ0) is 7.30. The molecule has 2 fully saturated rings. The van der Waals surface area contributed by atoms with Crippen LogP contribution in [0, 0.1) is 11.8 Å². The van der Waals surface area contributed by atoms with Crippen LogP contribution in [-0.4, -0.2) is 33.6 Å². The Morgan fingerprint density at radius 1 is 0.800 bits per heavy atom. The molecule has 4 unspecified atom stereocenters. The minimum absolute atomic E-state index is 0.0556. The summed E-state index contributed by atoms with van der Waals surface area (Å²) in [5.41, 5.74) is 0. The third kappa shape index (κ3) is 0.654. The van der Waals surface area contributed by atoms with E-state index in [9.17, 15) is 15.3 Å². The summed E-state index contributed by atoms with van der Waals surface area (Å²) in [6, 6.07) is 0. The van der Waals surface area contributed by atoms with E-state index in [4.69, 9.17) is 0 Å². The van der Waals surface area contributed by atoms with Crippen molar-refractivity contribution in [2.75, 3.05) is 0 Å². The molecule has 2 rings (SSSR count). The van der Waals surface area contributed by atoms with Crippen molar-refractivity contribution in [3.8, 4) is 0 Å². The van der Waals surface area contributed by atoms with Gasteiger partial charge in [0.2, 0.25) is 0 Å². The van der Waals surface area contributed by atoms with Gasteiger partial charge < -0.3 is 15.3 Å². The maximum atomic E-state index is 9.35. The van der Waals surface area contributed by atoms with Crippen LogP contribution in [0.5, 0.6) is 0 Å². The highest BCUT2D eigenvalue weighted by molar-refractivity contribution is 5.01. The zero-order valence-electron chi connectivity index (χ0n) is 5.64. The molecule has 58 valence electrons. The van der Waals surface area contributed by atoms with Crippen molar-refractivity contribution in [2.45, 2.75) is 31.2 Å². The van der Waals surface area contributed by atoms with E-state index < -0.39 is 6.10 Å². The van der Waals surface area contributed by atoms with Crippen LogP contribution in [-0.2, 0) is 0 Å². The van der Waals surface area contributed by atoms with Gasteiger partial charge in [-0.3, -0.25) is 0 Å². The number of fused-ring (bicyclic) bond motifs is 2. The fraction of sp³-hybridized carbons (Fsp3) is 1.00. The summed E-state index contributed by atoms with van der Waals surface area (Å²) in [5, 5.41) is 27.8. The molecule has 0 aromatic rings. The molecule has 4 atom stereocenters. The van der Waals surface area contributed by atoms with Gasteiger partial charge in [0, 0.05) is 11.8 Å². The molecule has 3 N–H and O–H groups in total. The summed E-state index contributed by atoms with van der Waals surface area (Å²) < 4.78 is 0. The maximum Gasteiger partial charge on any atom is 0.0647 e. The number of aliphatic hydroxyl groups is 3. The Kier molecular flexibility index (Phi) is 1.27. The van der Waals surface area contributed by atoms with E-state index >= 15 is 0 Å². The fourth-order valence-electron chi connectivity index (χ4n) is 2.27. The van der Waals surface area contributed by atoms with Gasteiger partial charge in [0.05, 0.1) is 18.3 Å². The first kappa shape index (κ1) is 6.58. The molecule has 0 heterocycles. The number of aliphatic hydroxyl groups excluding tert-OH is 3. The smallest absolute Gasteiger partial charge is 0.0647 e. The Hall–Kier alpha value is -0.120. The van der Waals surface area contributed by atoms with Crippen LogP contribution >= 0.6 is 0 Å². The molecule has 3 nitrogen and oxygen atoms in total. The predicted molar refractivity (Wildman–Crippen MR) is 34.2 cm³/mol. The van der Waals surface area contributed by atoms with Gasteiger partial charge in [-0.05, 0) is 12.8 Å². The molecule has 3 heteroatoms.